The smallest absolute Gasteiger partial charge is 0.421 e. The Hall–Kier alpha value is -1.49. The molecule has 1 rings (SSSR count). The lowest BCUT2D eigenvalue weighted by Gasteiger charge is -2.14. The molecule has 0 aliphatic heterocycles. The first-order valence-electron chi connectivity index (χ1n) is 6.80. The second-order valence-electron chi connectivity index (χ2n) is 4.25. The van der Waals surface area contributed by atoms with Crippen LogP contribution in [0.3, 0.4) is 0 Å². The number of allylic oxidation sites excluding steroid dienone is 1. The first-order chi connectivity index (χ1) is 9.59. The molecule has 0 aliphatic rings. The summed E-state index contributed by atoms with van der Waals surface area (Å²) in [6.45, 7) is 7.88. The fourth-order valence-electron chi connectivity index (χ4n) is 1.50. The Kier molecular flexibility index (Phi) is 7.15. The molecule has 0 fully saturated rings. The van der Waals surface area contributed by atoms with E-state index in [-0.39, 0.29) is 6.61 Å². The lowest BCUT2D eigenvalue weighted by molar-refractivity contribution is 0.256. The Labute approximate surface area is 121 Å². The van der Waals surface area contributed by atoms with E-state index in [1.165, 1.54) is 0 Å². The highest BCUT2D eigenvalue weighted by Crippen LogP contribution is 2.49. The van der Waals surface area contributed by atoms with Gasteiger partial charge in [-0.2, -0.15) is 0 Å². The van der Waals surface area contributed by atoms with Gasteiger partial charge in [-0.15, -0.1) is 0 Å². The molecule has 1 aromatic rings. The normalized spacial score (nSPS) is 12.9. The summed E-state index contributed by atoms with van der Waals surface area (Å²) in [4.78, 5) is 0. The van der Waals surface area contributed by atoms with Crippen LogP contribution in [-0.4, -0.2) is 6.61 Å². The van der Waals surface area contributed by atoms with Gasteiger partial charge in [0.1, 0.15) is 0 Å². The average molecular weight is 292 g/mol. The zero-order chi connectivity index (χ0) is 14.8. The topological polar surface area (TPSA) is 35.5 Å². The quantitative estimate of drug-likeness (QED) is 0.405. The lowest BCUT2D eigenvalue weighted by atomic mass is 10.2. The average Bonchev–Trinajstić information content (AvgIpc) is 2.44. The van der Waals surface area contributed by atoms with Crippen LogP contribution in [0.15, 0.2) is 42.7 Å². The van der Waals surface area contributed by atoms with E-state index in [2.05, 4.69) is 25.1 Å². The highest BCUT2D eigenvalue weighted by atomic mass is 31.2. The third-order valence-electron chi connectivity index (χ3n) is 2.47. The number of unbranched alkanes of at least 4 members (excludes halogenated alkanes) is 1. The standard InChI is InChI=1S/C16H21O3P/c1-4-6-10-15(3)19-20(17,18-5-2)14-13-16-11-8-7-9-12-16/h7-9,11-12H,3-6,10H2,1-2H3. The van der Waals surface area contributed by atoms with Crippen LogP contribution in [0.1, 0.15) is 38.7 Å². The third-order valence-corrected chi connectivity index (χ3v) is 3.95. The molecule has 1 atom stereocenters. The molecule has 0 spiro atoms. The van der Waals surface area contributed by atoms with E-state index in [9.17, 15) is 4.57 Å². The molecule has 0 aromatic heterocycles. The molecule has 0 radical (unpaired) electrons. The summed E-state index contributed by atoms with van der Waals surface area (Å²) >= 11 is 0. The lowest BCUT2D eigenvalue weighted by Crippen LogP contribution is -1.94. The minimum absolute atomic E-state index is 0.280. The second-order valence-corrected chi connectivity index (χ2v) is 5.91. The summed E-state index contributed by atoms with van der Waals surface area (Å²) in [5, 5.41) is 0. The van der Waals surface area contributed by atoms with E-state index >= 15 is 0 Å². The van der Waals surface area contributed by atoms with Gasteiger partial charge in [0.2, 0.25) is 0 Å². The summed E-state index contributed by atoms with van der Waals surface area (Å²) in [7, 11) is -3.44. The molecule has 1 aromatic carbocycles. The molecule has 0 N–H and O–H groups in total. The van der Waals surface area contributed by atoms with Crippen LogP contribution >= 0.6 is 7.60 Å². The van der Waals surface area contributed by atoms with E-state index < -0.39 is 7.60 Å². The zero-order valence-electron chi connectivity index (χ0n) is 12.1. The van der Waals surface area contributed by atoms with Crippen molar-refractivity contribution in [1.82, 2.24) is 0 Å². The van der Waals surface area contributed by atoms with Gasteiger partial charge in [0.15, 0.2) is 0 Å². The molecular weight excluding hydrogens is 271 g/mol. The molecule has 0 bridgehead atoms. The first-order valence-corrected chi connectivity index (χ1v) is 8.34. The second kappa shape index (κ2) is 8.64. The van der Waals surface area contributed by atoms with Crippen molar-refractivity contribution in [2.24, 2.45) is 0 Å². The Balaban J connectivity index is 2.79. The van der Waals surface area contributed by atoms with Crippen molar-refractivity contribution < 1.29 is 13.6 Å². The Bertz CT molecular complexity index is 526. The van der Waals surface area contributed by atoms with Gasteiger partial charge in [0.05, 0.1) is 12.4 Å². The fraction of sp³-hybridized carbons (Fsp3) is 0.375. The van der Waals surface area contributed by atoms with Crippen LogP contribution in [-0.2, 0) is 13.6 Å². The molecular formula is C16H21O3P. The highest BCUT2D eigenvalue weighted by molar-refractivity contribution is 7.59. The maximum atomic E-state index is 12.5. The zero-order valence-corrected chi connectivity index (χ0v) is 13.0. The van der Waals surface area contributed by atoms with E-state index in [4.69, 9.17) is 9.05 Å². The predicted molar refractivity (Wildman–Crippen MR) is 82.3 cm³/mol. The van der Waals surface area contributed by atoms with Gasteiger partial charge in [-0.3, -0.25) is 4.52 Å². The van der Waals surface area contributed by atoms with Crippen LogP contribution in [0, 0.1) is 11.6 Å². The molecule has 4 heteroatoms. The third kappa shape index (κ3) is 6.10. The van der Waals surface area contributed by atoms with Crippen LogP contribution in [0.5, 0.6) is 0 Å². The maximum Gasteiger partial charge on any atom is 0.456 e. The largest absolute Gasteiger partial charge is 0.456 e. The Morgan fingerprint density at radius 1 is 1.30 bits per heavy atom. The Morgan fingerprint density at radius 3 is 2.60 bits per heavy atom. The van der Waals surface area contributed by atoms with Gasteiger partial charge in [-0.05, 0) is 25.5 Å². The van der Waals surface area contributed by atoms with Crippen LogP contribution in [0.2, 0.25) is 0 Å². The molecule has 1 unspecified atom stereocenters. The van der Waals surface area contributed by atoms with Gasteiger partial charge in [-0.25, -0.2) is 4.57 Å². The summed E-state index contributed by atoms with van der Waals surface area (Å²) in [6.07, 6.45) is 2.63. The van der Waals surface area contributed by atoms with E-state index in [1.807, 2.05) is 30.3 Å². The molecule has 0 amide bonds. The molecule has 0 saturated carbocycles. The van der Waals surface area contributed by atoms with Crippen LogP contribution in [0.4, 0.5) is 0 Å². The minimum Gasteiger partial charge on any atom is -0.421 e. The van der Waals surface area contributed by atoms with E-state index in [0.29, 0.717) is 12.2 Å². The van der Waals surface area contributed by atoms with E-state index in [1.54, 1.807) is 6.92 Å². The van der Waals surface area contributed by atoms with Gasteiger partial charge in [0, 0.05) is 17.6 Å². The molecule has 0 saturated heterocycles. The monoisotopic (exact) mass is 292 g/mol. The summed E-state index contributed by atoms with van der Waals surface area (Å²) in [5.41, 5.74) is 3.39. The van der Waals surface area contributed by atoms with Crippen LogP contribution < -0.4 is 0 Å². The van der Waals surface area contributed by atoms with Crippen molar-refractivity contribution in [2.75, 3.05) is 6.61 Å². The minimum atomic E-state index is -3.44. The number of benzene rings is 1. The van der Waals surface area contributed by atoms with Crippen molar-refractivity contribution in [3.8, 4) is 11.6 Å². The first kappa shape index (κ1) is 16.6. The van der Waals surface area contributed by atoms with Crippen molar-refractivity contribution in [3.05, 3.63) is 48.2 Å². The number of rotatable bonds is 7. The van der Waals surface area contributed by atoms with Crippen LogP contribution in [0.25, 0.3) is 0 Å². The van der Waals surface area contributed by atoms with Crippen molar-refractivity contribution in [2.45, 2.75) is 33.1 Å². The number of hydrogen-bond donors (Lipinski definition) is 0. The fourth-order valence-corrected chi connectivity index (χ4v) is 2.70. The molecule has 108 valence electrons. The molecule has 20 heavy (non-hydrogen) atoms. The summed E-state index contributed by atoms with van der Waals surface area (Å²) in [6, 6.07) is 9.33. The van der Waals surface area contributed by atoms with Crippen molar-refractivity contribution in [1.29, 1.82) is 0 Å². The van der Waals surface area contributed by atoms with Crippen molar-refractivity contribution >= 4 is 7.60 Å². The maximum absolute atomic E-state index is 12.5. The summed E-state index contributed by atoms with van der Waals surface area (Å²) in [5.74, 6) is 3.29. The summed E-state index contributed by atoms with van der Waals surface area (Å²) < 4.78 is 23.0. The van der Waals surface area contributed by atoms with E-state index in [0.717, 1.165) is 18.4 Å². The predicted octanol–water partition coefficient (Wildman–Crippen LogP) is 4.95. The molecule has 0 heterocycles. The van der Waals surface area contributed by atoms with Gasteiger partial charge in [-0.1, -0.05) is 44.0 Å². The van der Waals surface area contributed by atoms with Gasteiger partial charge in [0.25, 0.3) is 0 Å². The van der Waals surface area contributed by atoms with Gasteiger partial charge >= 0.3 is 7.60 Å². The Morgan fingerprint density at radius 2 is 2.00 bits per heavy atom. The number of hydrogen-bond acceptors (Lipinski definition) is 3. The van der Waals surface area contributed by atoms with Gasteiger partial charge < -0.3 is 4.52 Å². The molecule has 3 nitrogen and oxygen atoms in total. The SMILES string of the molecule is C=C(CCCC)OP(=O)(C#Cc1ccccc1)OCC. The highest BCUT2D eigenvalue weighted by Gasteiger charge is 2.23. The van der Waals surface area contributed by atoms with Crippen molar-refractivity contribution in [3.63, 3.8) is 0 Å². The molecule has 0 aliphatic carbocycles.